The maximum absolute atomic E-state index is 13.4. The van der Waals surface area contributed by atoms with Gasteiger partial charge >= 0.3 is 0 Å². The van der Waals surface area contributed by atoms with Crippen molar-refractivity contribution in [1.82, 2.24) is 25.1 Å². The first-order valence-electron chi connectivity index (χ1n) is 9.48. The molecular formula is C22H21FN6O. The van der Waals surface area contributed by atoms with Gasteiger partial charge in [0, 0.05) is 20.6 Å². The second-order valence-corrected chi connectivity index (χ2v) is 7.13. The van der Waals surface area contributed by atoms with Crippen molar-refractivity contribution < 1.29 is 9.18 Å². The molecule has 30 heavy (non-hydrogen) atoms. The quantitative estimate of drug-likeness (QED) is 0.534. The summed E-state index contributed by atoms with van der Waals surface area (Å²) in [6.07, 6.45) is 1.74. The zero-order chi connectivity index (χ0) is 21.1. The third kappa shape index (κ3) is 4.12. The van der Waals surface area contributed by atoms with E-state index < -0.39 is 6.04 Å². The van der Waals surface area contributed by atoms with Crippen LogP contribution in [0.25, 0.3) is 11.0 Å². The number of fused-ring (bicyclic) bond motifs is 1. The number of amides is 1. The smallest absolute Gasteiger partial charge is 0.272 e. The first-order chi connectivity index (χ1) is 14.5. The lowest BCUT2D eigenvalue weighted by Gasteiger charge is -2.20. The van der Waals surface area contributed by atoms with Crippen LogP contribution in [0.15, 0.2) is 67.0 Å². The second-order valence-electron chi connectivity index (χ2n) is 7.13. The Balaban J connectivity index is 1.61. The van der Waals surface area contributed by atoms with E-state index in [1.54, 1.807) is 35.5 Å². The molecule has 1 N–H and O–H groups in total. The predicted octanol–water partition coefficient (Wildman–Crippen LogP) is 3.20. The topological polar surface area (TPSA) is 75.9 Å². The van der Waals surface area contributed by atoms with Crippen LogP contribution in [0.5, 0.6) is 0 Å². The lowest BCUT2D eigenvalue weighted by Crippen LogP contribution is -2.32. The Morgan fingerprint density at radius 2 is 1.83 bits per heavy atom. The van der Waals surface area contributed by atoms with Crippen LogP contribution in [0.3, 0.4) is 0 Å². The lowest BCUT2D eigenvalue weighted by atomic mass is 10.1. The monoisotopic (exact) mass is 404 g/mol. The Morgan fingerprint density at radius 1 is 1.07 bits per heavy atom. The molecule has 0 saturated carbocycles. The summed E-state index contributed by atoms with van der Waals surface area (Å²) in [4.78, 5) is 19.1. The first kappa shape index (κ1) is 19.5. The van der Waals surface area contributed by atoms with Crippen molar-refractivity contribution in [3.8, 4) is 0 Å². The van der Waals surface area contributed by atoms with Crippen LogP contribution in [0.1, 0.15) is 22.1 Å². The molecular weight excluding hydrogens is 383 g/mol. The molecule has 0 fully saturated rings. The molecule has 152 valence electrons. The Bertz CT molecular complexity index is 1150. The molecule has 0 spiro atoms. The largest absolute Gasteiger partial charge is 0.361 e. The van der Waals surface area contributed by atoms with Crippen LogP contribution < -0.4 is 10.2 Å². The number of para-hydroxylation sites is 2. The van der Waals surface area contributed by atoms with Crippen molar-refractivity contribution >= 4 is 22.8 Å². The number of nitrogens with zero attached hydrogens (tertiary/aromatic N) is 5. The van der Waals surface area contributed by atoms with Crippen LogP contribution in [-0.2, 0) is 6.54 Å². The number of hydrogen-bond acceptors (Lipinski definition) is 5. The van der Waals surface area contributed by atoms with Crippen LogP contribution in [-0.4, -0.2) is 39.8 Å². The number of carbonyl (C=O) groups is 1. The SMILES string of the molecule is CN(C)c1ccc(C(=O)NC(Cn2cnc3ccccc32)c2ccc(F)cc2)nn1. The van der Waals surface area contributed by atoms with E-state index in [0.29, 0.717) is 12.4 Å². The molecule has 0 aliphatic rings. The summed E-state index contributed by atoms with van der Waals surface area (Å²) in [7, 11) is 3.70. The number of aromatic nitrogens is 4. The summed E-state index contributed by atoms with van der Waals surface area (Å²) in [5.41, 5.74) is 2.81. The van der Waals surface area contributed by atoms with Gasteiger partial charge in [0.1, 0.15) is 5.82 Å². The minimum absolute atomic E-state index is 0.211. The summed E-state index contributed by atoms with van der Waals surface area (Å²) in [5.74, 6) is -0.0277. The van der Waals surface area contributed by atoms with E-state index in [9.17, 15) is 9.18 Å². The molecule has 4 aromatic rings. The number of rotatable bonds is 6. The summed E-state index contributed by atoms with van der Waals surface area (Å²) in [6.45, 7) is 0.432. The van der Waals surface area contributed by atoms with Gasteiger partial charge in [0.05, 0.1) is 23.4 Å². The number of hydrogen-bond donors (Lipinski definition) is 1. The van der Waals surface area contributed by atoms with Crippen molar-refractivity contribution in [2.75, 3.05) is 19.0 Å². The summed E-state index contributed by atoms with van der Waals surface area (Å²) in [6, 6.07) is 16.8. The van der Waals surface area contributed by atoms with E-state index in [2.05, 4.69) is 20.5 Å². The summed E-state index contributed by atoms with van der Waals surface area (Å²) in [5, 5.41) is 11.1. The number of nitrogens with one attached hydrogen (secondary N) is 1. The van der Waals surface area contributed by atoms with E-state index in [1.807, 2.05) is 42.9 Å². The normalized spacial score (nSPS) is 12.0. The molecule has 0 aliphatic carbocycles. The van der Waals surface area contributed by atoms with E-state index >= 15 is 0 Å². The van der Waals surface area contributed by atoms with Gasteiger partial charge in [0.15, 0.2) is 11.5 Å². The van der Waals surface area contributed by atoms with Crippen molar-refractivity contribution in [3.05, 3.63) is 84.1 Å². The Labute approximate surface area is 173 Å². The molecule has 8 heteroatoms. The summed E-state index contributed by atoms with van der Waals surface area (Å²) >= 11 is 0. The highest BCUT2D eigenvalue weighted by Gasteiger charge is 2.19. The number of carbonyl (C=O) groups excluding carboxylic acids is 1. The average Bonchev–Trinajstić information content (AvgIpc) is 3.17. The van der Waals surface area contributed by atoms with Crippen LogP contribution in [0.2, 0.25) is 0 Å². The fourth-order valence-electron chi connectivity index (χ4n) is 3.20. The highest BCUT2D eigenvalue weighted by atomic mass is 19.1. The molecule has 0 bridgehead atoms. The lowest BCUT2D eigenvalue weighted by molar-refractivity contribution is 0.0927. The minimum atomic E-state index is -0.411. The Kier molecular flexibility index (Phi) is 5.38. The zero-order valence-electron chi connectivity index (χ0n) is 16.7. The van der Waals surface area contributed by atoms with Crippen molar-refractivity contribution in [2.24, 2.45) is 0 Å². The maximum Gasteiger partial charge on any atom is 0.272 e. The van der Waals surface area contributed by atoms with Crippen LogP contribution in [0.4, 0.5) is 10.2 Å². The number of halogens is 1. The molecule has 1 unspecified atom stereocenters. The fourth-order valence-corrected chi connectivity index (χ4v) is 3.20. The van der Waals surface area contributed by atoms with Crippen LogP contribution >= 0.6 is 0 Å². The molecule has 2 aromatic carbocycles. The van der Waals surface area contributed by atoms with Crippen LogP contribution in [0, 0.1) is 5.82 Å². The standard InChI is InChI=1S/C22H21FN6O/c1-28(2)21-12-11-18(26-27-21)22(30)25-19(15-7-9-16(23)10-8-15)13-29-14-24-17-5-3-4-6-20(17)29/h3-12,14,19H,13H2,1-2H3,(H,25,30). The molecule has 0 radical (unpaired) electrons. The zero-order valence-corrected chi connectivity index (χ0v) is 16.7. The van der Waals surface area contributed by atoms with E-state index in [1.165, 1.54) is 12.1 Å². The highest BCUT2D eigenvalue weighted by molar-refractivity contribution is 5.92. The van der Waals surface area contributed by atoms with Gasteiger partial charge in [-0.1, -0.05) is 24.3 Å². The first-order valence-corrected chi connectivity index (χ1v) is 9.48. The second kappa shape index (κ2) is 8.28. The molecule has 7 nitrogen and oxygen atoms in total. The predicted molar refractivity (Wildman–Crippen MR) is 113 cm³/mol. The molecule has 1 amide bonds. The minimum Gasteiger partial charge on any atom is -0.361 e. The van der Waals surface area contributed by atoms with E-state index in [4.69, 9.17) is 0 Å². The van der Waals surface area contributed by atoms with Gasteiger partial charge in [-0.05, 0) is 42.0 Å². The molecule has 1 atom stereocenters. The third-order valence-electron chi connectivity index (χ3n) is 4.83. The number of anilines is 1. The third-order valence-corrected chi connectivity index (χ3v) is 4.83. The van der Waals surface area contributed by atoms with Gasteiger partial charge in [-0.15, -0.1) is 10.2 Å². The number of imidazole rings is 1. The van der Waals surface area contributed by atoms with Gasteiger partial charge in [-0.2, -0.15) is 0 Å². The Hall–Kier alpha value is -3.81. The molecule has 2 aromatic heterocycles. The highest BCUT2D eigenvalue weighted by Crippen LogP contribution is 2.20. The molecule has 0 aliphatic heterocycles. The van der Waals surface area contributed by atoms with Gasteiger partial charge in [0.25, 0.3) is 5.91 Å². The maximum atomic E-state index is 13.4. The van der Waals surface area contributed by atoms with Crippen molar-refractivity contribution in [3.63, 3.8) is 0 Å². The van der Waals surface area contributed by atoms with E-state index in [0.717, 1.165) is 16.6 Å². The van der Waals surface area contributed by atoms with Gasteiger partial charge < -0.3 is 14.8 Å². The fraction of sp³-hybridized carbons (Fsp3) is 0.182. The molecule has 2 heterocycles. The number of benzene rings is 2. The molecule has 0 saturated heterocycles. The van der Waals surface area contributed by atoms with Crippen molar-refractivity contribution in [1.29, 1.82) is 0 Å². The van der Waals surface area contributed by atoms with Crippen molar-refractivity contribution in [2.45, 2.75) is 12.6 Å². The van der Waals surface area contributed by atoms with Gasteiger partial charge in [-0.25, -0.2) is 9.37 Å². The van der Waals surface area contributed by atoms with Gasteiger partial charge in [0.2, 0.25) is 0 Å². The van der Waals surface area contributed by atoms with Gasteiger partial charge in [-0.3, -0.25) is 4.79 Å². The summed E-state index contributed by atoms with van der Waals surface area (Å²) < 4.78 is 15.4. The van der Waals surface area contributed by atoms with E-state index in [-0.39, 0.29) is 17.4 Å². The molecule has 4 rings (SSSR count). The Morgan fingerprint density at radius 3 is 2.53 bits per heavy atom. The average molecular weight is 404 g/mol.